The van der Waals surface area contributed by atoms with Gasteiger partial charge in [-0.05, 0) is 151 Å². The second-order valence-electron chi connectivity index (χ2n) is 18.1. The summed E-state index contributed by atoms with van der Waals surface area (Å²) in [6, 6.07) is 73.7. The molecule has 66 heavy (non-hydrogen) atoms. The van der Waals surface area contributed by atoms with Crippen molar-refractivity contribution >= 4 is 34.1 Å². The van der Waals surface area contributed by atoms with Crippen molar-refractivity contribution in [3.63, 3.8) is 0 Å². The molecule has 2 heteroatoms. The third-order valence-electron chi connectivity index (χ3n) is 14.3. The zero-order valence-corrected chi connectivity index (χ0v) is 36.6. The van der Waals surface area contributed by atoms with Crippen LogP contribution in [0.1, 0.15) is 54.1 Å². The highest BCUT2D eigenvalue weighted by atomic mass is 15.1. The fraction of sp³-hybridized carbons (Fsp3) is 0.0625. The molecule has 0 amide bonds. The van der Waals surface area contributed by atoms with Gasteiger partial charge >= 0.3 is 0 Å². The summed E-state index contributed by atoms with van der Waals surface area (Å²) >= 11 is 0. The first-order valence-electron chi connectivity index (χ1n) is 25.2. The molecular weight excluding hydrogens is 797 g/mol. The van der Waals surface area contributed by atoms with Gasteiger partial charge in [-0.25, -0.2) is 0 Å². The molecule has 1 spiro atoms. The van der Waals surface area contributed by atoms with Crippen LogP contribution in [0.25, 0.3) is 44.5 Å². The second kappa shape index (κ2) is 14.7. The van der Waals surface area contributed by atoms with Crippen molar-refractivity contribution in [3.8, 4) is 44.5 Å². The van der Waals surface area contributed by atoms with Crippen LogP contribution in [0.3, 0.4) is 0 Å². The van der Waals surface area contributed by atoms with E-state index in [1.54, 1.807) is 0 Å². The predicted molar refractivity (Wildman–Crippen MR) is 275 cm³/mol. The van der Waals surface area contributed by atoms with E-state index in [4.69, 9.17) is 4.11 Å². The van der Waals surface area contributed by atoms with Gasteiger partial charge in [0, 0.05) is 39.5 Å². The van der Waals surface area contributed by atoms with Crippen molar-refractivity contribution < 1.29 is 6.85 Å². The summed E-state index contributed by atoms with van der Waals surface area (Å²) in [7, 11) is 0. The molecule has 0 saturated carbocycles. The Morgan fingerprint density at radius 2 is 0.742 bits per heavy atom. The largest absolute Gasteiger partial charge is 0.310 e. The summed E-state index contributed by atoms with van der Waals surface area (Å²) < 4.78 is 44.7. The standard InChI is InChI=1S/C64H46N2/c1-63(2)57-32-17-15-28-51(57)53-37-34-47(40-59(53)63)66(46-26-13-6-14-27-46)49-36-39-55-56-31-19-30-50(43-20-7-3-8-21-43)62(56)64(61(55)42-49)58-33-18-16-29-52(58)54-38-35-48(41-60(54)64)65(44-22-9-4-10-23-44)45-24-11-5-12-25-45/h3-42H,1-2H3/i4D,9D,10D,22D,23D. The van der Waals surface area contributed by atoms with Crippen molar-refractivity contribution in [3.05, 3.63) is 276 Å². The van der Waals surface area contributed by atoms with Crippen LogP contribution in [0.4, 0.5) is 34.1 Å². The Bertz CT molecular complexity index is 3790. The van der Waals surface area contributed by atoms with Crippen LogP contribution in [0.15, 0.2) is 243 Å². The molecule has 0 bridgehead atoms. The van der Waals surface area contributed by atoms with Gasteiger partial charge in [0.15, 0.2) is 0 Å². The minimum Gasteiger partial charge on any atom is -0.310 e. The van der Waals surface area contributed by atoms with Crippen LogP contribution >= 0.6 is 0 Å². The molecule has 0 fully saturated rings. The third kappa shape index (κ3) is 5.48. The SMILES string of the molecule is [2H]c1c([2H])c([2H])c(N(c2ccccc2)c2ccc3c(c2)C2(c4ccccc4-3)c3cc(N(c4ccccc4)c4ccc5c(c4)C(C)(C)c4ccccc4-5)ccc3-c3cccc(-c4ccccc4)c32)c([2H])c1[2H]. The first-order chi connectivity index (χ1) is 34.6. The van der Waals surface area contributed by atoms with Gasteiger partial charge in [0.05, 0.1) is 12.3 Å². The second-order valence-corrected chi connectivity index (χ2v) is 18.1. The van der Waals surface area contributed by atoms with Gasteiger partial charge in [0.2, 0.25) is 0 Å². The monoisotopic (exact) mass is 847 g/mol. The van der Waals surface area contributed by atoms with Gasteiger partial charge in [0.25, 0.3) is 0 Å². The number of rotatable bonds is 7. The van der Waals surface area contributed by atoms with Crippen LogP contribution in [0.2, 0.25) is 0 Å². The molecule has 10 aromatic rings. The lowest BCUT2D eigenvalue weighted by molar-refractivity contribution is 0.660. The van der Waals surface area contributed by atoms with Gasteiger partial charge in [-0.2, -0.15) is 0 Å². The quantitative estimate of drug-likeness (QED) is 0.158. The van der Waals surface area contributed by atoms with Crippen LogP contribution < -0.4 is 9.80 Å². The van der Waals surface area contributed by atoms with Gasteiger partial charge in [0.1, 0.15) is 0 Å². The number of hydrogen-bond donors (Lipinski definition) is 0. The number of hydrogen-bond acceptors (Lipinski definition) is 2. The molecule has 0 aliphatic heterocycles. The summed E-state index contributed by atoms with van der Waals surface area (Å²) in [4.78, 5) is 4.22. The predicted octanol–water partition coefficient (Wildman–Crippen LogP) is 16.9. The number of nitrogens with zero attached hydrogens (tertiary/aromatic N) is 2. The lowest BCUT2D eigenvalue weighted by Gasteiger charge is -2.34. The van der Waals surface area contributed by atoms with E-state index < -0.39 is 11.5 Å². The van der Waals surface area contributed by atoms with Gasteiger partial charge in [-0.15, -0.1) is 0 Å². The summed E-state index contributed by atoms with van der Waals surface area (Å²) in [6.07, 6.45) is 0. The van der Waals surface area contributed by atoms with Gasteiger partial charge < -0.3 is 9.80 Å². The molecule has 0 saturated heterocycles. The van der Waals surface area contributed by atoms with Crippen LogP contribution in [-0.2, 0) is 10.8 Å². The maximum atomic E-state index is 9.28. The zero-order chi connectivity index (χ0) is 48.3. The normalized spacial score (nSPS) is 16.4. The van der Waals surface area contributed by atoms with E-state index in [1.807, 2.05) is 41.3 Å². The number of fused-ring (bicyclic) bond motifs is 13. The Morgan fingerprint density at radius 3 is 1.35 bits per heavy atom. The highest BCUT2D eigenvalue weighted by Gasteiger charge is 2.53. The fourth-order valence-corrected chi connectivity index (χ4v) is 11.6. The first kappa shape index (κ1) is 33.3. The smallest absolute Gasteiger partial charge is 0.0733 e. The lowest BCUT2D eigenvalue weighted by Crippen LogP contribution is -2.27. The van der Waals surface area contributed by atoms with Crippen molar-refractivity contribution in [1.82, 2.24) is 0 Å². The Labute approximate surface area is 394 Å². The Balaban J connectivity index is 1.11. The summed E-state index contributed by atoms with van der Waals surface area (Å²) in [6.45, 7) is 4.66. The van der Waals surface area contributed by atoms with Crippen molar-refractivity contribution in [2.75, 3.05) is 9.80 Å². The molecule has 0 heterocycles. The van der Waals surface area contributed by atoms with E-state index in [9.17, 15) is 2.74 Å². The number of benzene rings is 10. The average molecular weight is 848 g/mol. The van der Waals surface area contributed by atoms with E-state index in [1.165, 1.54) is 27.8 Å². The van der Waals surface area contributed by atoms with E-state index in [-0.39, 0.29) is 35.3 Å². The minimum absolute atomic E-state index is 0.0883. The highest BCUT2D eigenvalue weighted by molar-refractivity contribution is 6.01. The molecule has 2 nitrogen and oxygen atoms in total. The Morgan fingerprint density at radius 1 is 0.318 bits per heavy atom. The minimum atomic E-state index is -0.860. The van der Waals surface area contributed by atoms with Crippen LogP contribution in [-0.4, -0.2) is 0 Å². The first-order valence-corrected chi connectivity index (χ1v) is 22.7. The highest BCUT2D eigenvalue weighted by Crippen LogP contribution is 2.66. The zero-order valence-electron chi connectivity index (χ0n) is 41.6. The van der Waals surface area contributed by atoms with Crippen molar-refractivity contribution in [1.29, 1.82) is 0 Å². The Kier molecular flexibility index (Phi) is 7.41. The molecule has 312 valence electrons. The summed E-state index contributed by atoms with van der Waals surface area (Å²) in [5, 5.41) is 0. The molecule has 10 aromatic carbocycles. The van der Waals surface area contributed by atoms with Gasteiger partial charge in [-0.1, -0.05) is 184 Å². The van der Waals surface area contributed by atoms with Crippen molar-refractivity contribution in [2.24, 2.45) is 0 Å². The van der Waals surface area contributed by atoms with E-state index >= 15 is 0 Å². The van der Waals surface area contributed by atoms with Crippen molar-refractivity contribution in [2.45, 2.75) is 24.7 Å². The number of anilines is 6. The molecule has 13 rings (SSSR count). The summed E-state index contributed by atoms with van der Waals surface area (Å²) in [5.74, 6) is 0. The fourth-order valence-electron chi connectivity index (χ4n) is 11.6. The number of para-hydroxylation sites is 3. The van der Waals surface area contributed by atoms with Crippen LogP contribution in [0, 0.1) is 0 Å². The maximum Gasteiger partial charge on any atom is 0.0733 e. The molecule has 3 aliphatic carbocycles. The van der Waals surface area contributed by atoms with Gasteiger partial charge in [-0.3, -0.25) is 0 Å². The average Bonchev–Trinajstić information content (AvgIpc) is 3.97. The van der Waals surface area contributed by atoms with E-state index in [0.29, 0.717) is 11.4 Å². The third-order valence-corrected chi connectivity index (χ3v) is 14.3. The van der Waals surface area contributed by atoms with E-state index in [0.717, 1.165) is 67.1 Å². The summed E-state index contributed by atoms with van der Waals surface area (Å²) in [5.41, 5.74) is 19.9. The lowest BCUT2D eigenvalue weighted by atomic mass is 9.68. The van der Waals surface area contributed by atoms with Crippen LogP contribution in [0.5, 0.6) is 0 Å². The molecule has 0 aromatic heterocycles. The molecule has 3 aliphatic rings. The van der Waals surface area contributed by atoms with E-state index in [2.05, 4.69) is 195 Å². The molecule has 0 N–H and O–H groups in total. The molecule has 1 atom stereocenters. The molecule has 1 unspecified atom stereocenters. The Hall–Kier alpha value is -8.20. The maximum absolute atomic E-state index is 9.28. The topological polar surface area (TPSA) is 6.48 Å². The molecule has 0 radical (unpaired) electrons. The molecular formula is C64H46N2.